The van der Waals surface area contributed by atoms with E-state index in [-0.39, 0.29) is 16.5 Å². The first kappa shape index (κ1) is 12.8. The minimum atomic E-state index is -4.61. The SMILES string of the molecule is Fc1ccc(-c2nc(Cl)cc(C(F)(F)F)n2)cc1. The maximum Gasteiger partial charge on any atom is 0.433 e. The van der Waals surface area contributed by atoms with E-state index in [0.29, 0.717) is 6.07 Å². The van der Waals surface area contributed by atoms with Crippen molar-refractivity contribution in [2.75, 3.05) is 0 Å². The summed E-state index contributed by atoms with van der Waals surface area (Å²) in [7, 11) is 0. The molecule has 2 rings (SSSR count). The van der Waals surface area contributed by atoms with Crippen molar-refractivity contribution in [3.63, 3.8) is 0 Å². The molecule has 0 aliphatic heterocycles. The minimum Gasteiger partial charge on any atom is -0.223 e. The molecule has 0 aliphatic rings. The van der Waals surface area contributed by atoms with Crippen LogP contribution in [0.2, 0.25) is 5.15 Å². The third-order valence-electron chi connectivity index (χ3n) is 2.09. The lowest BCUT2D eigenvalue weighted by Crippen LogP contribution is -2.09. The molecule has 0 spiro atoms. The first-order chi connectivity index (χ1) is 8.36. The number of aromatic nitrogens is 2. The molecule has 2 nitrogen and oxygen atoms in total. The highest BCUT2D eigenvalue weighted by atomic mass is 35.5. The highest BCUT2D eigenvalue weighted by Gasteiger charge is 2.33. The summed E-state index contributed by atoms with van der Waals surface area (Å²) in [6.45, 7) is 0. The van der Waals surface area contributed by atoms with Crippen molar-refractivity contribution >= 4 is 11.6 Å². The van der Waals surface area contributed by atoms with Crippen LogP contribution >= 0.6 is 11.6 Å². The average Bonchev–Trinajstić information content (AvgIpc) is 2.28. The Hall–Kier alpha value is -1.69. The largest absolute Gasteiger partial charge is 0.433 e. The summed E-state index contributed by atoms with van der Waals surface area (Å²) in [6.07, 6.45) is -4.61. The third kappa shape index (κ3) is 2.76. The lowest BCUT2D eigenvalue weighted by atomic mass is 10.2. The molecule has 7 heteroatoms. The van der Waals surface area contributed by atoms with Crippen molar-refractivity contribution in [1.29, 1.82) is 0 Å². The average molecular weight is 277 g/mol. The first-order valence-corrected chi connectivity index (χ1v) is 5.12. The molecular weight excluding hydrogens is 272 g/mol. The molecule has 0 atom stereocenters. The smallest absolute Gasteiger partial charge is 0.223 e. The van der Waals surface area contributed by atoms with Gasteiger partial charge in [-0.15, -0.1) is 0 Å². The molecule has 0 amide bonds. The quantitative estimate of drug-likeness (QED) is 0.582. The minimum absolute atomic E-state index is 0.199. The monoisotopic (exact) mass is 276 g/mol. The molecule has 0 aliphatic carbocycles. The highest BCUT2D eigenvalue weighted by molar-refractivity contribution is 6.29. The molecule has 1 aromatic carbocycles. The van der Waals surface area contributed by atoms with Crippen LogP contribution in [0, 0.1) is 5.82 Å². The van der Waals surface area contributed by atoms with Gasteiger partial charge in [-0.25, -0.2) is 14.4 Å². The van der Waals surface area contributed by atoms with E-state index in [4.69, 9.17) is 11.6 Å². The summed E-state index contributed by atoms with van der Waals surface area (Å²) in [5, 5.41) is -0.323. The molecule has 1 heterocycles. The first-order valence-electron chi connectivity index (χ1n) is 4.74. The highest BCUT2D eigenvalue weighted by Crippen LogP contribution is 2.30. The maximum atomic E-state index is 12.7. The molecule has 0 bridgehead atoms. The molecule has 0 unspecified atom stereocenters. The maximum absolute atomic E-state index is 12.7. The molecule has 18 heavy (non-hydrogen) atoms. The Labute approximate surface area is 104 Å². The van der Waals surface area contributed by atoms with Crippen molar-refractivity contribution in [2.45, 2.75) is 6.18 Å². The van der Waals surface area contributed by atoms with Gasteiger partial charge in [-0.05, 0) is 24.3 Å². The lowest BCUT2D eigenvalue weighted by Gasteiger charge is -2.08. The Kier molecular flexibility index (Phi) is 3.21. The summed E-state index contributed by atoms with van der Waals surface area (Å²) in [6, 6.07) is 5.40. The van der Waals surface area contributed by atoms with E-state index in [1.54, 1.807) is 0 Å². The number of halogens is 5. The molecule has 0 radical (unpaired) electrons. The van der Waals surface area contributed by atoms with Crippen LogP contribution in [-0.2, 0) is 6.18 Å². The van der Waals surface area contributed by atoms with E-state index in [9.17, 15) is 17.6 Å². The van der Waals surface area contributed by atoms with Crippen molar-refractivity contribution < 1.29 is 17.6 Å². The van der Waals surface area contributed by atoms with Gasteiger partial charge in [0.1, 0.15) is 16.7 Å². The molecule has 94 valence electrons. The number of hydrogen-bond acceptors (Lipinski definition) is 2. The van der Waals surface area contributed by atoms with E-state index in [2.05, 4.69) is 9.97 Å². The van der Waals surface area contributed by atoms with Crippen LogP contribution in [0.3, 0.4) is 0 Å². The van der Waals surface area contributed by atoms with Crippen LogP contribution < -0.4 is 0 Å². The van der Waals surface area contributed by atoms with Crippen molar-refractivity contribution in [2.24, 2.45) is 0 Å². The van der Waals surface area contributed by atoms with Gasteiger partial charge >= 0.3 is 6.18 Å². The zero-order valence-electron chi connectivity index (χ0n) is 8.67. The molecule has 0 saturated carbocycles. The van der Waals surface area contributed by atoms with Crippen LogP contribution in [0.25, 0.3) is 11.4 Å². The summed E-state index contributed by atoms with van der Waals surface area (Å²) >= 11 is 5.51. The Morgan fingerprint density at radius 2 is 1.61 bits per heavy atom. The predicted molar refractivity (Wildman–Crippen MR) is 57.4 cm³/mol. The molecule has 2 aromatic rings. The van der Waals surface area contributed by atoms with Crippen LogP contribution in [0.15, 0.2) is 30.3 Å². The second kappa shape index (κ2) is 4.53. The van der Waals surface area contributed by atoms with Gasteiger partial charge in [0.15, 0.2) is 5.82 Å². The second-order valence-corrected chi connectivity index (χ2v) is 3.79. The molecular formula is C11H5ClF4N2. The zero-order chi connectivity index (χ0) is 13.3. The van der Waals surface area contributed by atoms with Gasteiger partial charge in [-0.2, -0.15) is 13.2 Å². The van der Waals surface area contributed by atoms with E-state index < -0.39 is 17.7 Å². The van der Waals surface area contributed by atoms with E-state index in [1.807, 2.05) is 0 Å². The summed E-state index contributed by atoms with van der Waals surface area (Å²) < 4.78 is 50.3. The van der Waals surface area contributed by atoms with Gasteiger partial charge in [0, 0.05) is 11.6 Å². The zero-order valence-corrected chi connectivity index (χ0v) is 9.43. The summed E-state index contributed by atoms with van der Waals surface area (Å²) in [5.41, 5.74) is -0.883. The number of benzene rings is 1. The van der Waals surface area contributed by atoms with Gasteiger partial charge in [-0.1, -0.05) is 11.6 Å². The number of rotatable bonds is 1. The molecule has 0 fully saturated rings. The number of alkyl halides is 3. The van der Waals surface area contributed by atoms with Gasteiger partial charge < -0.3 is 0 Å². The van der Waals surface area contributed by atoms with Crippen molar-refractivity contribution in [3.8, 4) is 11.4 Å². The van der Waals surface area contributed by atoms with Gasteiger partial charge in [0.05, 0.1) is 0 Å². The Morgan fingerprint density at radius 1 is 1.00 bits per heavy atom. The fourth-order valence-electron chi connectivity index (χ4n) is 1.29. The normalized spacial score (nSPS) is 11.6. The molecule has 0 saturated heterocycles. The van der Waals surface area contributed by atoms with E-state index >= 15 is 0 Å². The van der Waals surface area contributed by atoms with E-state index in [1.165, 1.54) is 12.1 Å². The Balaban J connectivity index is 2.52. The summed E-state index contributed by atoms with van der Waals surface area (Å²) in [4.78, 5) is 7.04. The van der Waals surface area contributed by atoms with Crippen LogP contribution in [0.4, 0.5) is 17.6 Å². The lowest BCUT2D eigenvalue weighted by molar-refractivity contribution is -0.141. The van der Waals surface area contributed by atoms with Gasteiger partial charge in [0.25, 0.3) is 0 Å². The van der Waals surface area contributed by atoms with Crippen molar-refractivity contribution in [1.82, 2.24) is 9.97 Å². The fourth-order valence-corrected chi connectivity index (χ4v) is 1.47. The number of hydrogen-bond donors (Lipinski definition) is 0. The van der Waals surface area contributed by atoms with Gasteiger partial charge in [-0.3, -0.25) is 0 Å². The van der Waals surface area contributed by atoms with E-state index in [0.717, 1.165) is 12.1 Å². The fraction of sp³-hybridized carbons (Fsp3) is 0.0909. The van der Waals surface area contributed by atoms with Crippen LogP contribution in [0.5, 0.6) is 0 Å². The summed E-state index contributed by atoms with van der Waals surface area (Å²) in [5.74, 6) is -0.702. The van der Waals surface area contributed by atoms with Crippen LogP contribution in [-0.4, -0.2) is 9.97 Å². The van der Waals surface area contributed by atoms with Gasteiger partial charge in [0.2, 0.25) is 0 Å². The molecule has 0 N–H and O–H groups in total. The predicted octanol–water partition coefficient (Wildman–Crippen LogP) is 3.95. The Bertz CT molecular complexity index is 566. The Morgan fingerprint density at radius 3 is 2.17 bits per heavy atom. The third-order valence-corrected chi connectivity index (χ3v) is 2.28. The van der Waals surface area contributed by atoms with Crippen LogP contribution in [0.1, 0.15) is 5.69 Å². The topological polar surface area (TPSA) is 25.8 Å². The molecule has 1 aromatic heterocycles. The van der Waals surface area contributed by atoms with Crippen molar-refractivity contribution in [3.05, 3.63) is 47.0 Å². The second-order valence-electron chi connectivity index (χ2n) is 3.40. The standard InChI is InChI=1S/C11H5ClF4N2/c12-9-5-8(11(14,15)16)17-10(18-9)6-1-3-7(13)4-2-6/h1-5H. The number of nitrogens with zero attached hydrogens (tertiary/aromatic N) is 2.